The maximum atomic E-state index is 12.1. The van der Waals surface area contributed by atoms with Crippen LogP contribution in [0.3, 0.4) is 0 Å². The number of amides is 1. The molecule has 0 saturated carbocycles. The van der Waals surface area contributed by atoms with Gasteiger partial charge in [-0.3, -0.25) is 4.79 Å². The molecule has 0 saturated heterocycles. The van der Waals surface area contributed by atoms with Crippen LogP contribution in [0.15, 0.2) is 42.5 Å². The molecule has 0 spiro atoms. The Morgan fingerprint density at radius 2 is 1.78 bits per heavy atom. The Morgan fingerprint density at radius 1 is 1.17 bits per heavy atom. The van der Waals surface area contributed by atoms with Gasteiger partial charge in [0.2, 0.25) is 0 Å². The Morgan fingerprint density at radius 3 is 2.39 bits per heavy atom. The largest absolute Gasteiger partial charge is 0.491 e. The van der Waals surface area contributed by atoms with Crippen molar-refractivity contribution in [1.82, 2.24) is 5.32 Å². The summed E-state index contributed by atoms with van der Waals surface area (Å²) >= 11 is 0. The van der Waals surface area contributed by atoms with Gasteiger partial charge in [0.25, 0.3) is 5.91 Å². The van der Waals surface area contributed by atoms with E-state index < -0.39 is 0 Å². The van der Waals surface area contributed by atoms with Gasteiger partial charge >= 0.3 is 0 Å². The van der Waals surface area contributed by atoms with Gasteiger partial charge in [0, 0.05) is 11.3 Å². The Kier molecular flexibility index (Phi) is 6.91. The highest BCUT2D eigenvalue weighted by Gasteiger charge is 2.11. The monoisotopic (exact) mass is 334 g/mol. The van der Waals surface area contributed by atoms with Crippen LogP contribution in [0.5, 0.6) is 5.75 Å². The van der Waals surface area contributed by atoms with Gasteiger partial charge in [0.1, 0.15) is 12.4 Å². The molecule has 0 bridgehead atoms. The van der Waals surface area contributed by atoms with E-state index in [1.165, 1.54) is 0 Å². The van der Waals surface area contributed by atoms with E-state index in [0.717, 1.165) is 16.9 Å². The lowest BCUT2D eigenvalue weighted by atomic mass is 10.1. The molecule has 2 rings (SSSR count). The number of nitrogens with one attached hydrogen (secondary N) is 1. The molecule has 0 heterocycles. The fraction of sp³-hybridized carbons (Fsp3) is 0.278. The Hall–Kier alpha value is -2.20. The Bertz CT molecular complexity index is 654. The third-order valence-electron chi connectivity index (χ3n) is 3.41. The summed E-state index contributed by atoms with van der Waals surface area (Å²) in [5, 5.41) is 2.91. The molecular weight excluding hydrogens is 312 g/mol. The lowest BCUT2D eigenvalue weighted by molar-refractivity contribution is 0.0926. The van der Waals surface area contributed by atoms with E-state index in [0.29, 0.717) is 17.9 Å². The zero-order chi connectivity index (χ0) is 16.1. The first-order valence-electron chi connectivity index (χ1n) is 7.33. The molecule has 2 aromatic rings. The smallest absolute Gasteiger partial charge is 0.251 e. The number of ether oxygens (including phenoxy) is 1. The fourth-order valence-electron chi connectivity index (χ4n) is 2.26. The molecule has 0 fully saturated rings. The zero-order valence-corrected chi connectivity index (χ0v) is 14.4. The van der Waals surface area contributed by atoms with Crippen LogP contribution in [0.1, 0.15) is 28.4 Å². The number of nitrogen functional groups attached to an aromatic ring is 1. The summed E-state index contributed by atoms with van der Waals surface area (Å²) in [5.41, 5.74) is 9.01. The molecule has 1 amide bonds. The van der Waals surface area contributed by atoms with Gasteiger partial charge in [-0.05, 0) is 50.1 Å². The summed E-state index contributed by atoms with van der Waals surface area (Å²) < 4.78 is 5.85. The van der Waals surface area contributed by atoms with Gasteiger partial charge < -0.3 is 15.8 Å². The van der Waals surface area contributed by atoms with Crippen molar-refractivity contribution in [3.63, 3.8) is 0 Å². The minimum absolute atomic E-state index is 0. The highest BCUT2D eigenvalue weighted by molar-refractivity contribution is 5.95. The van der Waals surface area contributed by atoms with Crippen molar-refractivity contribution in [2.24, 2.45) is 0 Å². The molecule has 0 aromatic heterocycles. The Labute approximate surface area is 143 Å². The van der Waals surface area contributed by atoms with E-state index in [1.54, 1.807) is 24.3 Å². The van der Waals surface area contributed by atoms with Crippen molar-refractivity contribution < 1.29 is 9.53 Å². The highest BCUT2D eigenvalue weighted by Crippen LogP contribution is 2.22. The fourth-order valence-corrected chi connectivity index (χ4v) is 2.26. The number of anilines is 1. The lowest BCUT2D eigenvalue weighted by Crippen LogP contribution is -2.36. The maximum Gasteiger partial charge on any atom is 0.251 e. The number of nitrogens with two attached hydrogens (primary N) is 1. The maximum absolute atomic E-state index is 12.1. The van der Waals surface area contributed by atoms with Crippen molar-refractivity contribution in [3.8, 4) is 5.75 Å². The normalized spacial score (nSPS) is 11.3. The average Bonchev–Trinajstić information content (AvgIpc) is 2.46. The summed E-state index contributed by atoms with van der Waals surface area (Å²) in [7, 11) is 0. The number of carbonyl (C=O) groups is 1. The molecule has 0 radical (unpaired) electrons. The van der Waals surface area contributed by atoms with Crippen LogP contribution < -0.4 is 15.8 Å². The summed E-state index contributed by atoms with van der Waals surface area (Å²) in [5.74, 6) is 0.734. The molecule has 1 atom stereocenters. The number of para-hydroxylation sites is 1. The van der Waals surface area contributed by atoms with Gasteiger partial charge in [0.05, 0.1) is 6.04 Å². The second-order valence-electron chi connectivity index (χ2n) is 5.53. The number of carbonyl (C=O) groups excluding carboxylic acids is 1. The highest BCUT2D eigenvalue weighted by atomic mass is 35.5. The van der Waals surface area contributed by atoms with Crippen molar-refractivity contribution in [2.45, 2.75) is 26.8 Å². The molecule has 23 heavy (non-hydrogen) atoms. The van der Waals surface area contributed by atoms with E-state index in [4.69, 9.17) is 10.5 Å². The molecule has 124 valence electrons. The third kappa shape index (κ3) is 5.18. The van der Waals surface area contributed by atoms with Gasteiger partial charge in [-0.1, -0.05) is 24.3 Å². The van der Waals surface area contributed by atoms with Crippen LogP contribution in [0.4, 0.5) is 5.69 Å². The van der Waals surface area contributed by atoms with Crippen molar-refractivity contribution in [1.29, 1.82) is 0 Å². The van der Waals surface area contributed by atoms with Gasteiger partial charge in [0.15, 0.2) is 0 Å². The summed E-state index contributed by atoms with van der Waals surface area (Å²) in [4.78, 5) is 12.1. The topological polar surface area (TPSA) is 64.3 Å². The number of aryl methyl sites for hydroxylation is 2. The molecule has 2 aromatic carbocycles. The first-order chi connectivity index (χ1) is 10.5. The number of benzene rings is 2. The average molecular weight is 335 g/mol. The summed E-state index contributed by atoms with van der Waals surface area (Å²) in [6.45, 7) is 6.36. The molecule has 0 aliphatic heterocycles. The standard InChI is InChI=1S/C18H22N2O2.ClH/c1-12-6-4-7-13(2)17(12)22-11-14(3)20-18(21)15-8-5-9-16(19)10-15;/h4-10,14H,11,19H2,1-3H3,(H,20,21);1H. The zero-order valence-electron chi connectivity index (χ0n) is 13.6. The quantitative estimate of drug-likeness (QED) is 0.822. The lowest BCUT2D eigenvalue weighted by Gasteiger charge is -2.17. The van der Waals surface area contributed by atoms with E-state index in [-0.39, 0.29) is 24.4 Å². The summed E-state index contributed by atoms with van der Waals surface area (Å²) in [6, 6.07) is 12.8. The van der Waals surface area contributed by atoms with Crippen molar-refractivity contribution in [3.05, 3.63) is 59.2 Å². The minimum Gasteiger partial charge on any atom is -0.491 e. The van der Waals surface area contributed by atoms with Crippen LogP contribution in [0.2, 0.25) is 0 Å². The van der Waals surface area contributed by atoms with E-state index in [9.17, 15) is 4.79 Å². The van der Waals surface area contributed by atoms with Crippen LogP contribution in [-0.4, -0.2) is 18.6 Å². The van der Waals surface area contributed by atoms with E-state index in [2.05, 4.69) is 5.32 Å². The number of hydrogen-bond donors (Lipinski definition) is 2. The molecular formula is C18H23ClN2O2. The second-order valence-corrected chi connectivity index (χ2v) is 5.53. The van der Waals surface area contributed by atoms with E-state index in [1.807, 2.05) is 39.0 Å². The van der Waals surface area contributed by atoms with Crippen LogP contribution >= 0.6 is 12.4 Å². The molecule has 3 N–H and O–H groups in total. The Balaban J connectivity index is 0.00000264. The number of halogens is 1. The first kappa shape index (κ1) is 18.8. The number of hydrogen-bond acceptors (Lipinski definition) is 3. The second kappa shape index (κ2) is 8.44. The number of rotatable bonds is 5. The molecule has 1 unspecified atom stereocenters. The van der Waals surface area contributed by atoms with Gasteiger partial charge in [-0.15, -0.1) is 12.4 Å². The predicted molar refractivity (Wildman–Crippen MR) is 96.4 cm³/mol. The molecule has 5 heteroatoms. The van der Waals surface area contributed by atoms with E-state index >= 15 is 0 Å². The summed E-state index contributed by atoms with van der Waals surface area (Å²) in [6.07, 6.45) is 0. The molecule has 4 nitrogen and oxygen atoms in total. The molecule has 0 aliphatic carbocycles. The van der Waals surface area contributed by atoms with Gasteiger partial charge in [-0.25, -0.2) is 0 Å². The predicted octanol–water partition coefficient (Wildman–Crippen LogP) is 3.50. The van der Waals surface area contributed by atoms with Crippen LogP contribution in [0, 0.1) is 13.8 Å². The SMILES string of the molecule is Cc1cccc(C)c1OCC(C)NC(=O)c1cccc(N)c1.Cl. The van der Waals surface area contributed by atoms with Crippen LogP contribution in [-0.2, 0) is 0 Å². The molecule has 0 aliphatic rings. The van der Waals surface area contributed by atoms with Crippen LogP contribution in [0.25, 0.3) is 0 Å². The van der Waals surface area contributed by atoms with Gasteiger partial charge in [-0.2, -0.15) is 0 Å². The first-order valence-corrected chi connectivity index (χ1v) is 7.33. The van der Waals surface area contributed by atoms with Crippen molar-refractivity contribution in [2.75, 3.05) is 12.3 Å². The minimum atomic E-state index is -0.148. The third-order valence-corrected chi connectivity index (χ3v) is 3.41. The van der Waals surface area contributed by atoms with Crippen molar-refractivity contribution >= 4 is 24.0 Å².